The Morgan fingerprint density at radius 3 is 2.33 bits per heavy atom. The third kappa shape index (κ3) is 3.62. The minimum Gasteiger partial charge on any atom is -0.371 e. The summed E-state index contributed by atoms with van der Waals surface area (Å²) >= 11 is 0. The van der Waals surface area contributed by atoms with Crippen LogP contribution in [0.1, 0.15) is 31.2 Å². The highest BCUT2D eigenvalue weighted by atomic mass is 32.2. The van der Waals surface area contributed by atoms with Gasteiger partial charge in [-0.15, -0.1) is 0 Å². The van der Waals surface area contributed by atoms with Crippen LogP contribution in [0.4, 0.5) is 5.69 Å². The zero-order valence-electron chi connectivity index (χ0n) is 14.4. The average molecular weight is 349 g/mol. The van der Waals surface area contributed by atoms with E-state index in [1.807, 2.05) is 0 Å². The van der Waals surface area contributed by atoms with Crippen LogP contribution >= 0.6 is 0 Å². The summed E-state index contributed by atoms with van der Waals surface area (Å²) < 4.78 is 23.9. The molecule has 0 amide bonds. The van der Waals surface area contributed by atoms with Crippen LogP contribution in [0.2, 0.25) is 0 Å². The van der Waals surface area contributed by atoms with E-state index in [1.165, 1.54) is 43.6 Å². The van der Waals surface area contributed by atoms with Crippen molar-refractivity contribution < 1.29 is 8.42 Å². The van der Waals surface area contributed by atoms with Crippen LogP contribution in [0.15, 0.2) is 24.3 Å². The Labute approximate surface area is 145 Å². The third-order valence-electron chi connectivity index (χ3n) is 5.76. The molecular weight excluding hydrogens is 320 g/mol. The highest BCUT2D eigenvalue weighted by molar-refractivity contribution is 7.91. The Balaban J connectivity index is 1.48. The summed E-state index contributed by atoms with van der Waals surface area (Å²) in [7, 11) is -2.80. The summed E-state index contributed by atoms with van der Waals surface area (Å²) in [5.41, 5.74) is 2.79. The number of rotatable bonds is 3. The predicted octanol–water partition coefficient (Wildman–Crippen LogP) is 2.54. The molecule has 0 N–H and O–H groups in total. The summed E-state index contributed by atoms with van der Waals surface area (Å²) in [5.74, 6) is 1.47. The number of anilines is 1. The quantitative estimate of drug-likeness (QED) is 0.842. The lowest BCUT2D eigenvalue weighted by atomic mass is 9.90. The van der Waals surface area contributed by atoms with Gasteiger partial charge >= 0.3 is 0 Å². The van der Waals surface area contributed by atoms with Gasteiger partial charge in [0.1, 0.15) is 0 Å². The SMILES string of the molecule is O=S1(=O)CC2CC(CN(Cc3ccccc3N3CCCCC3)C2)C1. The number of piperidine rings is 2. The summed E-state index contributed by atoms with van der Waals surface area (Å²) in [6.07, 6.45) is 5.03. The van der Waals surface area contributed by atoms with E-state index in [0.29, 0.717) is 23.3 Å². The molecule has 0 radical (unpaired) electrons. The first-order valence-corrected chi connectivity index (χ1v) is 11.2. The highest BCUT2D eigenvalue weighted by Crippen LogP contribution is 2.32. The zero-order valence-corrected chi connectivity index (χ0v) is 15.2. The molecular formula is C19H28N2O2S. The molecule has 4 nitrogen and oxygen atoms in total. The molecule has 1 aromatic rings. The van der Waals surface area contributed by atoms with Gasteiger partial charge in [0.05, 0.1) is 11.5 Å². The second kappa shape index (κ2) is 6.68. The molecule has 0 aliphatic carbocycles. The molecule has 2 atom stereocenters. The van der Waals surface area contributed by atoms with E-state index in [0.717, 1.165) is 26.1 Å². The Morgan fingerprint density at radius 1 is 0.958 bits per heavy atom. The van der Waals surface area contributed by atoms with E-state index in [1.54, 1.807) is 0 Å². The monoisotopic (exact) mass is 348 g/mol. The maximum absolute atomic E-state index is 12.0. The largest absolute Gasteiger partial charge is 0.371 e. The second-order valence-corrected chi connectivity index (χ2v) is 10.1. The van der Waals surface area contributed by atoms with Gasteiger partial charge in [-0.05, 0) is 49.1 Å². The van der Waals surface area contributed by atoms with Gasteiger partial charge in [-0.1, -0.05) is 18.2 Å². The third-order valence-corrected chi connectivity index (χ3v) is 7.72. The number of benzene rings is 1. The lowest BCUT2D eigenvalue weighted by Gasteiger charge is -2.41. The molecule has 0 aromatic heterocycles. The molecule has 0 saturated carbocycles. The number of likely N-dealkylation sites (tertiary alicyclic amines) is 1. The lowest BCUT2D eigenvalue weighted by molar-refractivity contribution is 0.130. The maximum Gasteiger partial charge on any atom is 0.150 e. The lowest BCUT2D eigenvalue weighted by Crippen LogP contribution is -2.48. The number of nitrogens with zero attached hydrogens (tertiary/aromatic N) is 2. The van der Waals surface area contributed by atoms with Gasteiger partial charge in [-0.25, -0.2) is 8.42 Å². The fourth-order valence-electron chi connectivity index (χ4n) is 4.91. The number of para-hydroxylation sites is 1. The van der Waals surface area contributed by atoms with Crippen LogP contribution in [0, 0.1) is 11.8 Å². The Morgan fingerprint density at radius 2 is 1.62 bits per heavy atom. The van der Waals surface area contributed by atoms with Gasteiger partial charge in [0.2, 0.25) is 0 Å². The fraction of sp³-hybridized carbons (Fsp3) is 0.684. The van der Waals surface area contributed by atoms with Crippen molar-refractivity contribution in [3.05, 3.63) is 29.8 Å². The molecule has 3 saturated heterocycles. The van der Waals surface area contributed by atoms with Crippen molar-refractivity contribution >= 4 is 15.5 Å². The molecule has 3 aliphatic heterocycles. The van der Waals surface area contributed by atoms with Crippen molar-refractivity contribution in [1.82, 2.24) is 4.90 Å². The molecule has 0 spiro atoms. The van der Waals surface area contributed by atoms with Crippen molar-refractivity contribution in [2.75, 3.05) is 42.6 Å². The van der Waals surface area contributed by atoms with Crippen LogP contribution in [-0.2, 0) is 16.4 Å². The number of hydrogen-bond donors (Lipinski definition) is 0. The van der Waals surface area contributed by atoms with Gasteiger partial charge in [0.15, 0.2) is 9.84 Å². The van der Waals surface area contributed by atoms with Gasteiger partial charge in [0.25, 0.3) is 0 Å². The first-order chi connectivity index (χ1) is 11.6. The summed E-state index contributed by atoms with van der Waals surface area (Å²) in [4.78, 5) is 5.03. The molecule has 2 unspecified atom stereocenters. The molecule has 132 valence electrons. The van der Waals surface area contributed by atoms with Crippen molar-refractivity contribution in [2.24, 2.45) is 11.8 Å². The van der Waals surface area contributed by atoms with E-state index in [2.05, 4.69) is 34.1 Å². The van der Waals surface area contributed by atoms with E-state index in [4.69, 9.17) is 0 Å². The van der Waals surface area contributed by atoms with Gasteiger partial charge in [0, 0.05) is 38.4 Å². The smallest absolute Gasteiger partial charge is 0.150 e. The fourth-order valence-corrected chi connectivity index (χ4v) is 6.97. The Kier molecular flexibility index (Phi) is 4.56. The first kappa shape index (κ1) is 16.4. The zero-order chi connectivity index (χ0) is 16.6. The van der Waals surface area contributed by atoms with Crippen LogP contribution in [0.25, 0.3) is 0 Å². The highest BCUT2D eigenvalue weighted by Gasteiger charge is 2.37. The van der Waals surface area contributed by atoms with Gasteiger partial charge in [-0.3, -0.25) is 4.90 Å². The van der Waals surface area contributed by atoms with Crippen LogP contribution in [-0.4, -0.2) is 51.0 Å². The average Bonchev–Trinajstić information content (AvgIpc) is 2.54. The normalized spacial score (nSPS) is 30.2. The number of sulfone groups is 1. The number of fused-ring (bicyclic) bond motifs is 2. The van der Waals surface area contributed by atoms with Crippen LogP contribution in [0.5, 0.6) is 0 Å². The minimum absolute atomic E-state index is 0.338. The van der Waals surface area contributed by atoms with Crippen molar-refractivity contribution in [1.29, 1.82) is 0 Å². The topological polar surface area (TPSA) is 40.6 Å². The minimum atomic E-state index is -2.80. The first-order valence-electron chi connectivity index (χ1n) is 9.35. The second-order valence-electron chi connectivity index (χ2n) is 7.92. The van der Waals surface area contributed by atoms with E-state index in [-0.39, 0.29) is 0 Å². The molecule has 3 aliphatic rings. The van der Waals surface area contributed by atoms with Crippen molar-refractivity contribution in [3.63, 3.8) is 0 Å². The van der Waals surface area contributed by atoms with Gasteiger partial charge < -0.3 is 4.90 Å². The van der Waals surface area contributed by atoms with E-state index >= 15 is 0 Å². The van der Waals surface area contributed by atoms with Crippen LogP contribution in [0.3, 0.4) is 0 Å². The summed E-state index contributed by atoms with van der Waals surface area (Å²) in [6.45, 7) is 5.16. The molecule has 2 bridgehead atoms. The van der Waals surface area contributed by atoms with Gasteiger partial charge in [-0.2, -0.15) is 0 Å². The summed E-state index contributed by atoms with van der Waals surface area (Å²) in [5, 5.41) is 0. The molecule has 3 heterocycles. The van der Waals surface area contributed by atoms with E-state index in [9.17, 15) is 8.42 Å². The maximum atomic E-state index is 12.0. The molecule has 4 rings (SSSR count). The molecule has 5 heteroatoms. The molecule has 24 heavy (non-hydrogen) atoms. The predicted molar refractivity (Wildman–Crippen MR) is 98.0 cm³/mol. The van der Waals surface area contributed by atoms with Crippen molar-refractivity contribution in [3.8, 4) is 0 Å². The Hall–Kier alpha value is -1.07. The molecule has 1 aromatic carbocycles. The number of hydrogen-bond acceptors (Lipinski definition) is 4. The van der Waals surface area contributed by atoms with Crippen LogP contribution < -0.4 is 4.90 Å². The standard InChI is InChI=1S/C19H28N2O2S/c22-24(23)14-16-10-17(15-24)12-20(11-16)13-18-6-2-3-7-19(18)21-8-4-1-5-9-21/h2-3,6-7,16-17H,1,4-5,8-15H2. The summed E-state index contributed by atoms with van der Waals surface area (Å²) in [6, 6.07) is 8.80. The van der Waals surface area contributed by atoms with E-state index < -0.39 is 9.84 Å². The Bertz CT molecular complexity index is 662. The van der Waals surface area contributed by atoms with Crippen molar-refractivity contribution in [2.45, 2.75) is 32.2 Å². The molecule has 3 fully saturated rings.